The average Bonchev–Trinajstić information content (AvgIpc) is 2.78. The molecule has 0 saturated carbocycles. The fourth-order valence-electron chi connectivity index (χ4n) is 5.49. The lowest BCUT2D eigenvalue weighted by molar-refractivity contribution is -0.00772. The number of hydrogen-bond acceptors (Lipinski definition) is 8. The van der Waals surface area contributed by atoms with E-state index in [0.29, 0.717) is 22.4 Å². The van der Waals surface area contributed by atoms with Gasteiger partial charge in [-0.1, -0.05) is 11.6 Å². The highest BCUT2D eigenvalue weighted by atomic mass is 35.5. The molecule has 0 bridgehead atoms. The fourth-order valence-corrected chi connectivity index (χ4v) is 5.79. The van der Waals surface area contributed by atoms with Crippen LogP contribution in [0.25, 0.3) is 0 Å². The van der Waals surface area contributed by atoms with Crippen LogP contribution >= 0.6 is 11.6 Å². The van der Waals surface area contributed by atoms with Crippen molar-refractivity contribution in [3.63, 3.8) is 0 Å². The molecule has 36 heavy (non-hydrogen) atoms. The number of nitrogens with one attached hydrogen (secondary N) is 2. The normalized spacial score (nSPS) is 20.8. The molecule has 0 unspecified atom stereocenters. The first-order valence-corrected chi connectivity index (χ1v) is 13.1. The van der Waals surface area contributed by atoms with E-state index in [1.165, 1.54) is 0 Å². The van der Waals surface area contributed by atoms with Gasteiger partial charge in [-0.25, -0.2) is 4.98 Å². The van der Waals surface area contributed by atoms with E-state index in [-0.39, 0.29) is 22.9 Å². The monoisotopic (exact) mass is 513 g/mol. The number of carbonyl (C=O) groups is 1. The van der Waals surface area contributed by atoms with Gasteiger partial charge in [0.15, 0.2) is 5.78 Å². The third-order valence-electron chi connectivity index (χ3n) is 7.86. The first-order valence-electron chi connectivity index (χ1n) is 12.7. The van der Waals surface area contributed by atoms with Crippen LogP contribution in [0.1, 0.15) is 57.8 Å². The third kappa shape index (κ3) is 5.76. The van der Waals surface area contributed by atoms with Gasteiger partial charge in [0.1, 0.15) is 5.82 Å². The molecule has 1 aromatic heterocycles. The van der Waals surface area contributed by atoms with Crippen molar-refractivity contribution in [2.45, 2.75) is 64.6 Å². The number of piperazine rings is 1. The minimum absolute atomic E-state index is 0.0200. The molecule has 0 aliphatic carbocycles. The summed E-state index contributed by atoms with van der Waals surface area (Å²) in [7, 11) is 4.32. The van der Waals surface area contributed by atoms with Gasteiger partial charge in [0, 0.05) is 55.2 Å². The van der Waals surface area contributed by atoms with Crippen LogP contribution in [0.2, 0.25) is 5.02 Å². The highest BCUT2D eigenvalue weighted by molar-refractivity contribution is 6.33. The first-order chi connectivity index (χ1) is 16.9. The van der Waals surface area contributed by atoms with Crippen LogP contribution in [0.4, 0.5) is 23.1 Å². The maximum absolute atomic E-state index is 12.4. The Hall–Kier alpha value is -2.42. The van der Waals surface area contributed by atoms with Gasteiger partial charge >= 0.3 is 0 Å². The van der Waals surface area contributed by atoms with Gasteiger partial charge in [-0.3, -0.25) is 9.69 Å². The molecule has 2 N–H and O–H groups in total. The summed E-state index contributed by atoms with van der Waals surface area (Å²) < 4.78 is 0. The SMILES string of the molecule is CC(=O)c1cnc(Nc2ccc(N3CCN(C)CC3)c(Cl)c2)nc1NC1CC(C)(C)N(C)C(C)(C)C1. The van der Waals surface area contributed by atoms with Gasteiger partial charge in [-0.05, 0) is 79.8 Å². The predicted octanol–water partition coefficient (Wildman–Crippen LogP) is 4.89. The molecule has 1 aromatic carbocycles. The van der Waals surface area contributed by atoms with E-state index in [1.54, 1.807) is 13.1 Å². The van der Waals surface area contributed by atoms with Gasteiger partial charge in [-0.2, -0.15) is 4.98 Å². The van der Waals surface area contributed by atoms with Crippen molar-refractivity contribution in [1.82, 2.24) is 19.8 Å². The van der Waals surface area contributed by atoms with Gasteiger partial charge in [0.05, 0.1) is 16.3 Å². The van der Waals surface area contributed by atoms with E-state index in [2.05, 4.69) is 72.1 Å². The smallest absolute Gasteiger partial charge is 0.229 e. The second-order valence-corrected chi connectivity index (χ2v) is 11.9. The van der Waals surface area contributed by atoms with E-state index >= 15 is 0 Å². The Labute approximate surface area is 220 Å². The number of likely N-dealkylation sites (N-methyl/N-ethyl adjacent to an activating group) is 1. The number of nitrogens with zero attached hydrogens (tertiary/aromatic N) is 5. The van der Waals surface area contributed by atoms with Crippen LogP contribution < -0.4 is 15.5 Å². The quantitative estimate of drug-likeness (QED) is 0.529. The van der Waals surface area contributed by atoms with Crippen LogP contribution in [0.3, 0.4) is 0 Å². The Morgan fingerprint density at radius 2 is 1.69 bits per heavy atom. The predicted molar refractivity (Wildman–Crippen MR) is 149 cm³/mol. The Morgan fingerprint density at radius 3 is 2.28 bits per heavy atom. The minimum atomic E-state index is -0.0601. The summed E-state index contributed by atoms with van der Waals surface area (Å²) in [6.45, 7) is 14.6. The largest absolute Gasteiger partial charge is 0.368 e. The number of benzene rings is 1. The molecule has 2 saturated heterocycles. The molecule has 2 aliphatic rings. The zero-order valence-corrected chi connectivity index (χ0v) is 23.4. The molecule has 2 fully saturated rings. The molecule has 2 aromatic rings. The molecule has 3 heterocycles. The van der Waals surface area contributed by atoms with Crippen LogP contribution in [-0.2, 0) is 0 Å². The lowest BCUT2D eigenvalue weighted by Crippen LogP contribution is -2.61. The average molecular weight is 514 g/mol. The molecule has 0 radical (unpaired) electrons. The number of anilines is 4. The Morgan fingerprint density at radius 1 is 1.06 bits per heavy atom. The molecule has 8 nitrogen and oxygen atoms in total. The zero-order chi connectivity index (χ0) is 26.3. The van der Waals surface area contributed by atoms with Crippen molar-refractivity contribution in [3.8, 4) is 0 Å². The third-order valence-corrected chi connectivity index (χ3v) is 8.17. The second-order valence-electron chi connectivity index (χ2n) is 11.5. The van der Waals surface area contributed by atoms with Crippen LogP contribution in [-0.4, -0.2) is 82.9 Å². The standard InChI is InChI=1S/C27H40ClN7O/c1-18(36)21-17-29-25(32-24(21)30-20-15-26(2,3)34(7)27(4,5)16-20)31-19-8-9-23(22(28)14-19)35-12-10-33(6)11-13-35/h8-9,14,17,20H,10-13,15-16H2,1-7H3,(H2,29,30,31,32). The second kappa shape index (κ2) is 10.1. The van der Waals surface area contributed by atoms with E-state index in [0.717, 1.165) is 50.4 Å². The maximum Gasteiger partial charge on any atom is 0.229 e. The van der Waals surface area contributed by atoms with E-state index < -0.39 is 0 Å². The number of likely N-dealkylation sites (tertiary alicyclic amines) is 1. The van der Waals surface area contributed by atoms with Crippen LogP contribution in [0.5, 0.6) is 0 Å². The molecule has 9 heteroatoms. The molecule has 0 amide bonds. The summed E-state index contributed by atoms with van der Waals surface area (Å²) in [5.74, 6) is 0.939. The number of Topliss-reactive ketones (excluding diaryl/α,β-unsaturated/α-hetero) is 1. The number of piperidine rings is 1. The van der Waals surface area contributed by atoms with Crippen molar-refractivity contribution >= 4 is 40.5 Å². The Bertz CT molecular complexity index is 1090. The lowest BCUT2D eigenvalue weighted by atomic mass is 9.77. The maximum atomic E-state index is 12.4. The van der Waals surface area contributed by atoms with Crippen molar-refractivity contribution in [2.24, 2.45) is 0 Å². The Balaban J connectivity index is 1.53. The number of halogens is 1. The van der Waals surface area contributed by atoms with Gasteiger partial charge in [-0.15, -0.1) is 0 Å². The molecular weight excluding hydrogens is 474 g/mol. The number of hydrogen-bond donors (Lipinski definition) is 2. The number of aromatic nitrogens is 2. The summed E-state index contributed by atoms with van der Waals surface area (Å²) in [4.78, 5) is 28.6. The topological polar surface area (TPSA) is 76.6 Å². The molecule has 2 aliphatic heterocycles. The van der Waals surface area contributed by atoms with E-state index in [1.807, 2.05) is 18.2 Å². The zero-order valence-electron chi connectivity index (χ0n) is 22.7. The van der Waals surface area contributed by atoms with Crippen molar-refractivity contribution in [2.75, 3.05) is 55.8 Å². The van der Waals surface area contributed by atoms with Crippen LogP contribution in [0, 0.1) is 0 Å². The number of rotatable bonds is 6. The molecule has 0 spiro atoms. The van der Waals surface area contributed by atoms with Crippen LogP contribution in [0.15, 0.2) is 24.4 Å². The van der Waals surface area contributed by atoms with E-state index in [9.17, 15) is 4.79 Å². The summed E-state index contributed by atoms with van der Waals surface area (Å²) in [5, 5.41) is 7.55. The molecule has 0 atom stereocenters. The summed E-state index contributed by atoms with van der Waals surface area (Å²) >= 11 is 6.66. The lowest BCUT2D eigenvalue weighted by Gasteiger charge is -2.53. The van der Waals surface area contributed by atoms with Crippen molar-refractivity contribution < 1.29 is 4.79 Å². The highest BCUT2D eigenvalue weighted by Gasteiger charge is 2.43. The fraction of sp³-hybridized carbons (Fsp3) is 0.593. The minimum Gasteiger partial charge on any atom is -0.368 e. The summed E-state index contributed by atoms with van der Waals surface area (Å²) in [5.41, 5.74) is 2.38. The summed E-state index contributed by atoms with van der Waals surface area (Å²) in [6, 6.07) is 6.13. The van der Waals surface area contributed by atoms with Gasteiger partial charge in [0.25, 0.3) is 0 Å². The van der Waals surface area contributed by atoms with Crippen molar-refractivity contribution in [1.29, 1.82) is 0 Å². The van der Waals surface area contributed by atoms with Gasteiger partial charge in [0.2, 0.25) is 5.95 Å². The first kappa shape index (κ1) is 26.6. The summed E-state index contributed by atoms with van der Waals surface area (Å²) in [6.07, 6.45) is 3.49. The number of ketones is 1. The molecule has 196 valence electrons. The van der Waals surface area contributed by atoms with Crippen molar-refractivity contribution in [3.05, 3.63) is 35.0 Å². The molecular formula is C27H40ClN7O. The highest BCUT2D eigenvalue weighted by Crippen LogP contribution is 2.38. The molecule has 4 rings (SSSR count). The van der Waals surface area contributed by atoms with E-state index in [4.69, 9.17) is 16.6 Å². The van der Waals surface area contributed by atoms with Gasteiger partial charge < -0.3 is 20.4 Å². The number of carbonyl (C=O) groups excluding carboxylic acids is 1. The Kier molecular flexibility index (Phi) is 7.51.